The summed E-state index contributed by atoms with van der Waals surface area (Å²) in [7, 11) is 0. The van der Waals surface area contributed by atoms with Crippen molar-refractivity contribution in [1.82, 2.24) is 0 Å². The summed E-state index contributed by atoms with van der Waals surface area (Å²) in [5.41, 5.74) is 13.1. The SMILES string of the molecule is Cc1c(N)oc(N)c1C(C)C. The molecule has 0 bridgehead atoms. The standard InChI is InChI=1S/C8H14N2O/c1-4(2)6-5(3)7(9)11-8(6)10/h4H,9-10H2,1-3H3. The van der Waals surface area contributed by atoms with Crippen molar-refractivity contribution in [2.75, 3.05) is 11.5 Å². The second-order valence-electron chi connectivity index (χ2n) is 3.02. The average molecular weight is 154 g/mol. The van der Waals surface area contributed by atoms with E-state index in [9.17, 15) is 0 Å². The molecule has 0 atom stereocenters. The molecule has 62 valence electrons. The molecule has 0 aliphatic carbocycles. The van der Waals surface area contributed by atoms with Crippen LogP contribution in [0.2, 0.25) is 0 Å². The minimum atomic E-state index is 0.371. The van der Waals surface area contributed by atoms with E-state index in [1.54, 1.807) is 0 Å². The lowest BCUT2D eigenvalue weighted by molar-refractivity contribution is 0.602. The maximum atomic E-state index is 5.60. The topological polar surface area (TPSA) is 65.2 Å². The normalized spacial score (nSPS) is 10.9. The molecule has 1 aromatic rings. The Hall–Kier alpha value is -1.12. The minimum Gasteiger partial charge on any atom is -0.425 e. The Morgan fingerprint density at radius 2 is 1.73 bits per heavy atom. The molecule has 1 heterocycles. The van der Waals surface area contributed by atoms with Crippen LogP contribution in [0.4, 0.5) is 11.8 Å². The lowest BCUT2D eigenvalue weighted by atomic mass is 10.0. The molecule has 0 aliphatic heterocycles. The Balaban J connectivity index is 3.22. The van der Waals surface area contributed by atoms with Crippen molar-refractivity contribution in [1.29, 1.82) is 0 Å². The number of anilines is 2. The third-order valence-corrected chi connectivity index (χ3v) is 1.84. The van der Waals surface area contributed by atoms with Crippen LogP contribution in [0, 0.1) is 6.92 Å². The molecule has 0 radical (unpaired) electrons. The molecule has 1 aromatic heterocycles. The average Bonchev–Trinajstić information content (AvgIpc) is 2.07. The molecular formula is C8H14N2O. The fraction of sp³-hybridized carbons (Fsp3) is 0.500. The highest BCUT2D eigenvalue weighted by molar-refractivity contribution is 5.54. The predicted octanol–water partition coefficient (Wildman–Crippen LogP) is 1.88. The summed E-state index contributed by atoms with van der Waals surface area (Å²) in [6, 6.07) is 0. The Bertz CT molecular complexity index is 263. The smallest absolute Gasteiger partial charge is 0.196 e. The zero-order chi connectivity index (χ0) is 8.59. The van der Waals surface area contributed by atoms with E-state index in [1.165, 1.54) is 0 Å². The molecule has 3 heteroatoms. The molecular weight excluding hydrogens is 140 g/mol. The van der Waals surface area contributed by atoms with E-state index in [-0.39, 0.29) is 0 Å². The first-order chi connectivity index (χ1) is 5.04. The van der Waals surface area contributed by atoms with Gasteiger partial charge in [0.05, 0.1) is 0 Å². The molecule has 3 nitrogen and oxygen atoms in total. The van der Waals surface area contributed by atoms with Crippen LogP contribution in [0.1, 0.15) is 30.9 Å². The van der Waals surface area contributed by atoms with Crippen LogP contribution >= 0.6 is 0 Å². The van der Waals surface area contributed by atoms with E-state index in [4.69, 9.17) is 15.9 Å². The van der Waals surface area contributed by atoms with Crippen molar-refractivity contribution >= 4 is 11.8 Å². The number of nitrogen functional groups attached to an aromatic ring is 2. The van der Waals surface area contributed by atoms with Crippen LogP contribution in [-0.4, -0.2) is 0 Å². The van der Waals surface area contributed by atoms with Gasteiger partial charge in [0.1, 0.15) is 0 Å². The number of hydrogen-bond donors (Lipinski definition) is 2. The third-order valence-electron chi connectivity index (χ3n) is 1.84. The van der Waals surface area contributed by atoms with Gasteiger partial charge in [-0.1, -0.05) is 13.8 Å². The lowest BCUT2D eigenvalue weighted by Gasteiger charge is -2.02. The Kier molecular flexibility index (Phi) is 1.81. The van der Waals surface area contributed by atoms with Crippen LogP contribution in [0.25, 0.3) is 0 Å². The van der Waals surface area contributed by atoms with Gasteiger partial charge in [-0.2, -0.15) is 0 Å². The molecule has 11 heavy (non-hydrogen) atoms. The van der Waals surface area contributed by atoms with Crippen LogP contribution in [0.15, 0.2) is 4.42 Å². The van der Waals surface area contributed by atoms with Gasteiger partial charge < -0.3 is 15.9 Å². The van der Waals surface area contributed by atoms with Gasteiger partial charge in [-0.3, -0.25) is 0 Å². The van der Waals surface area contributed by atoms with Gasteiger partial charge in [0.25, 0.3) is 0 Å². The fourth-order valence-electron chi connectivity index (χ4n) is 1.29. The first-order valence-electron chi connectivity index (χ1n) is 3.68. The van der Waals surface area contributed by atoms with E-state index in [1.807, 2.05) is 6.92 Å². The van der Waals surface area contributed by atoms with Gasteiger partial charge in [-0.05, 0) is 12.8 Å². The van der Waals surface area contributed by atoms with E-state index in [2.05, 4.69) is 13.8 Å². The molecule has 0 spiro atoms. The molecule has 0 fully saturated rings. The summed E-state index contributed by atoms with van der Waals surface area (Å²) in [6.45, 7) is 6.05. The molecule has 1 rings (SSSR count). The molecule has 0 aliphatic rings. The summed E-state index contributed by atoms with van der Waals surface area (Å²) in [5, 5.41) is 0. The highest BCUT2D eigenvalue weighted by Crippen LogP contribution is 2.31. The molecule has 0 unspecified atom stereocenters. The highest BCUT2D eigenvalue weighted by Gasteiger charge is 2.14. The van der Waals surface area contributed by atoms with Gasteiger partial charge in [-0.25, -0.2) is 0 Å². The summed E-state index contributed by atoms with van der Waals surface area (Å²) >= 11 is 0. The summed E-state index contributed by atoms with van der Waals surface area (Å²) < 4.78 is 5.06. The van der Waals surface area contributed by atoms with Gasteiger partial charge in [0, 0.05) is 11.1 Å². The van der Waals surface area contributed by atoms with Crippen molar-refractivity contribution in [3.63, 3.8) is 0 Å². The van der Waals surface area contributed by atoms with Gasteiger partial charge in [0.2, 0.25) is 0 Å². The second-order valence-corrected chi connectivity index (χ2v) is 3.02. The van der Waals surface area contributed by atoms with E-state index >= 15 is 0 Å². The van der Waals surface area contributed by atoms with E-state index in [0.717, 1.165) is 11.1 Å². The molecule has 4 N–H and O–H groups in total. The highest BCUT2D eigenvalue weighted by atomic mass is 16.4. The number of hydrogen-bond acceptors (Lipinski definition) is 3. The predicted molar refractivity (Wildman–Crippen MR) is 46.4 cm³/mol. The lowest BCUT2D eigenvalue weighted by Crippen LogP contribution is -1.93. The van der Waals surface area contributed by atoms with E-state index in [0.29, 0.717) is 17.7 Å². The summed E-state index contributed by atoms with van der Waals surface area (Å²) in [5.74, 6) is 1.26. The number of rotatable bonds is 1. The molecule has 0 saturated heterocycles. The monoisotopic (exact) mass is 154 g/mol. The summed E-state index contributed by atoms with van der Waals surface area (Å²) in [6.07, 6.45) is 0. The van der Waals surface area contributed by atoms with E-state index < -0.39 is 0 Å². The van der Waals surface area contributed by atoms with Crippen molar-refractivity contribution in [3.8, 4) is 0 Å². The van der Waals surface area contributed by atoms with Crippen molar-refractivity contribution in [2.45, 2.75) is 26.7 Å². The van der Waals surface area contributed by atoms with Crippen LogP contribution in [-0.2, 0) is 0 Å². The second kappa shape index (κ2) is 2.49. The van der Waals surface area contributed by atoms with Crippen LogP contribution in [0.5, 0.6) is 0 Å². The van der Waals surface area contributed by atoms with Gasteiger partial charge >= 0.3 is 0 Å². The van der Waals surface area contributed by atoms with Crippen molar-refractivity contribution in [2.24, 2.45) is 0 Å². The zero-order valence-corrected chi connectivity index (χ0v) is 7.14. The third kappa shape index (κ3) is 1.18. The largest absolute Gasteiger partial charge is 0.425 e. The van der Waals surface area contributed by atoms with Crippen molar-refractivity contribution in [3.05, 3.63) is 11.1 Å². The maximum Gasteiger partial charge on any atom is 0.196 e. The number of furan rings is 1. The first-order valence-corrected chi connectivity index (χ1v) is 3.68. The van der Waals surface area contributed by atoms with Crippen LogP contribution in [0.3, 0.4) is 0 Å². The molecule has 0 amide bonds. The Labute approximate surface area is 66.4 Å². The minimum absolute atomic E-state index is 0.371. The molecule has 0 aromatic carbocycles. The maximum absolute atomic E-state index is 5.60. The van der Waals surface area contributed by atoms with Gasteiger partial charge in [0.15, 0.2) is 11.8 Å². The fourth-order valence-corrected chi connectivity index (χ4v) is 1.29. The summed E-state index contributed by atoms with van der Waals surface area (Å²) in [4.78, 5) is 0. The Morgan fingerprint density at radius 1 is 1.18 bits per heavy atom. The van der Waals surface area contributed by atoms with Gasteiger partial charge in [-0.15, -0.1) is 0 Å². The number of nitrogens with two attached hydrogens (primary N) is 2. The molecule has 0 saturated carbocycles. The zero-order valence-electron chi connectivity index (χ0n) is 7.14. The quantitative estimate of drug-likeness (QED) is 0.649. The van der Waals surface area contributed by atoms with Crippen molar-refractivity contribution < 1.29 is 4.42 Å². The Morgan fingerprint density at radius 3 is 1.91 bits per heavy atom. The van der Waals surface area contributed by atoms with Crippen LogP contribution < -0.4 is 11.5 Å². The first kappa shape index (κ1) is 7.98.